The maximum atomic E-state index is 13.5. The third-order valence-corrected chi connectivity index (χ3v) is 9.15. The SMILES string of the molecule is CCOC(=O)CC1(C(C)C2(CC(=O)OCC)c3ccccc3-c3ccccc32)c2ccccc2-c2ccccc21. The fourth-order valence-corrected chi connectivity index (χ4v) is 7.64. The predicted octanol–water partition coefficient (Wildman–Crippen LogP) is 7.46. The van der Waals surface area contributed by atoms with Crippen molar-refractivity contribution >= 4 is 11.9 Å². The van der Waals surface area contributed by atoms with Crippen LogP contribution in [0.1, 0.15) is 55.9 Å². The zero-order valence-corrected chi connectivity index (χ0v) is 23.3. The van der Waals surface area contributed by atoms with Crippen LogP contribution in [0.15, 0.2) is 97.1 Å². The molecule has 0 spiro atoms. The van der Waals surface area contributed by atoms with Gasteiger partial charge in [0.05, 0.1) is 26.1 Å². The molecule has 4 aromatic carbocycles. The minimum absolute atomic E-state index is 0.172. The molecule has 0 bridgehead atoms. The second-order valence-electron chi connectivity index (χ2n) is 10.8. The molecular weight excluding hydrogens is 496 g/mol. The van der Waals surface area contributed by atoms with Crippen LogP contribution >= 0.6 is 0 Å². The van der Waals surface area contributed by atoms with Crippen LogP contribution in [0.25, 0.3) is 22.3 Å². The molecule has 4 aromatic rings. The Morgan fingerprint density at radius 1 is 0.550 bits per heavy atom. The average molecular weight is 531 g/mol. The molecule has 0 N–H and O–H groups in total. The molecule has 0 aromatic heterocycles. The van der Waals surface area contributed by atoms with Crippen molar-refractivity contribution < 1.29 is 19.1 Å². The number of benzene rings is 4. The Labute approximate surface area is 236 Å². The van der Waals surface area contributed by atoms with Crippen molar-refractivity contribution in [1.29, 1.82) is 0 Å². The summed E-state index contributed by atoms with van der Waals surface area (Å²) in [5, 5.41) is 0. The molecule has 0 atom stereocenters. The number of hydrogen-bond acceptors (Lipinski definition) is 4. The van der Waals surface area contributed by atoms with Crippen molar-refractivity contribution in [3.8, 4) is 22.3 Å². The molecule has 2 aliphatic carbocycles. The second kappa shape index (κ2) is 10.1. The van der Waals surface area contributed by atoms with Gasteiger partial charge < -0.3 is 9.47 Å². The van der Waals surface area contributed by atoms with E-state index < -0.39 is 10.8 Å². The van der Waals surface area contributed by atoms with E-state index in [1.807, 2.05) is 38.1 Å². The van der Waals surface area contributed by atoms with Gasteiger partial charge in [0.1, 0.15) is 0 Å². The first kappa shape index (κ1) is 26.1. The largest absolute Gasteiger partial charge is 0.466 e. The number of rotatable bonds is 8. The summed E-state index contributed by atoms with van der Waals surface area (Å²) in [5.41, 5.74) is 7.42. The number of carbonyl (C=O) groups is 2. The number of esters is 2. The van der Waals surface area contributed by atoms with Gasteiger partial charge in [0.15, 0.2) is 0 Å². The van der Waals surface area contributed by atoms with Crippen LogP contribution in [0, 0.1) is 5.92 Å². The van der Waals surface area contributed by atoms with E-state index in [9.17, 15) is 9.59 Å². The molecule has 4 nitrogen and oxygen atoms in total. The van der Waals surface area contributed by atoms with Crippen molar-refractivity contribution in [2.24, 2.45) is 5.92 Å². The summed E-state index contributed by atoms with van der Waals surface area (Å²) in [5.74, 6) is -0.707. The number of fused-ring (bicyclic) bond motifs is 6. The van der Waals surface area contributed by atoms with Crippen molar-refractivity contribution in [3.63, 3.8) is 0 Å². The Morgan fingerprint density at radius 2 is 0.825 bits per heavy atom. The quantitative estimate of drug-likeness (QED) is 0.222. The highest BCUT2D eigenvalue weighted by atomic mass is 16.5. The Morgan fingerprint density at radius 3 is 1.10 bits per heavy atom. The summed E-state index contributed by atoms with van der Waals surface area (Å²) >= 11 is 0. The lowest BCUT2D eigenvalue weighted by molar-refractivity contribution is -0.145. The highest BCUT2D eigenvalue weighted by molar-refractivity contribution is 5.88. The van der Waals surface area contributed by atoms with Crippen molar-refractivity contribution in [2.75, 3.05) is 13.2 Å². The van der Waals surface area contributed by atoms with E-state index in [1.54, 1.807) is 0 Å². The molecule has 202 valence electrons. The maximum Gasteiger partial charge on any atom is 0.307 e. The normalized spacial score (nSPS) is 15.1. The summed E-state index contributed by atoms with van der Waals surface area (Å²) < 4.78 is 11.3. The van der Waals surface area contributed by atoms with Gasteiger partial charge in [0.2, 0.25) is 0 Å². The molecule has 4 heteroatoms. The van der Waals surface area contributed by atoms with Crippen LogP contribution in [0.3, 0.4) is 0 Å². The van der Waals surface area contributed by atoms with Crippen molar-refractivity contribution in [1.82, 2.24) is 0 Å². The molecule has 2 aliphatic rings. The van der Waals surface area contributed by atoms with Gasteiger partial charge in [-0.05, 0) is 64.3 Å². The van der Waals surface area contributed by atoms with E-state index in [2.05, 4.69) is 79.7 Å². The smallest absolute Gasteiger partial charge is 0.307 e. The van der Waals surface area contributed by atoms with Gasteiger partial charge in [-0.1, -0.05) is 104 Å². The number of carbonyl (C=O) groups excluding carboxylic acids is 2. The zero-order valence-electron chi connectivity index (χ0n) is 23.3. The standard InChI is InChI=1S/C36H34O4/c1-4-39-33(37)22-35(29-18-10-6-14-25(29)26-15-7-11-19-30(26)35)24(3)36(23-34(38)40-5-2)31-20-12-8-16-27(31)28-17-9-13-21-32(28)36/h6-21,24H,4-5,22-23H2,1-3H3. The molecule has 0 amide bonds. The van der Waals surface area contributed by atoms with Gasteiger partial charge in [-0.15, -0.1) is 0 Å². The van der Waals surface area contributed by atoms with E-state index in [1.165, 1.54) is 0 Å². The Balaban J connectivity index is 1.69. The molecule has 0 aliphatic heterocycles. The third kappa shape index (κ3) is 3.66. The number of ether oxygens (including phenoxy) is 2. The van der Waals surface area contributed by atoms with E-state index >= 15 is 0 Å². The lowest BCUT2D eigenvalue weighted by atomic mass is 9.53. The van der Waals surface area contributed by atoms with Gasteiger partial charge in [0.25, 0.3) is 0 Å². The second-order valence-corrected chi connectivity index (χ2v) is 10.8. The van der Waals surface area contributed by atoms with E-state index in [-0.39, 0.29) is 30.7 Å². The third-order valence-electron chi connectivity index (χ3n) is 9.15. The van der Waals surface area contributed by atoms with E-state index in [0.29, 0.717) is 13.2 Å². The summed E-state index contributed by atoms with van der Waals surface area (Å²) in [4.78, 5) is 27.1. The van der Waals surface area contributed by atoms with Crippen LogP contribution in [-0.2, 0) is 29.9 Å². The molecule has 0 unspecified atom stereocenters. The zero-order chi connectivity index (χ0) is 27.9. The van der Waals surface area contributed by atoms with Gasteiger partial charge >= 0.3 is 11.9 Å². The van der Waals surface area contributed by atoms with Crippen LogP contribution in [0.5, 0.6) is 0 Å². The van der Waals surface area contributed by atoms with Crippen molar-refractivity contribution in [3.05, 3.63) is 119 Å². The summed E-state index contributed by atoms with van der Waals surface area (Å²) in [6.07, 6.45) is 0.343. The van der Waals surface area contributed by atoms with Crippen LogP contribution in [-0.4, -0.2) is 25.2 Å². The minimum Gasteiger partial charge on any atom is -0.466 e. The lowest BCUT2D eigenvalue weighted by Crippen LogP contribution is -2.49. The summed E-state index contributed by atoms with van der Waals surface area (Å²) in [6.45, 7) is 6.53. The van der Waals surface area contributed by atoms with Crippen LogP contribution in [0.4, 0.5) is 0 Å². The van der Waals surface area contributed by atoms with Gasteiger partial charge in [0, 0.05) is 10.8 Å². The van der Waals surface area contributed by atoms with Crippen molar-refractivity contribution in [2.45, 2.75) is 44.4 Å². The first-order valence-electron chi connectivity index (χ1n) is 14.2. The molecule has 0 saturated carbocycles. The molecule has 0 saturated heterocycles. The van der Waals surface area contributed by atoms with E-state index in [4.69, 9.17) is 9.47 Å². The Bertz CT molecular complexity index is 1390. The van der Waals surface area contributed by atoms with Gasteiger partial charge in [-0.2, -0.15) is 0 Å². The van der Waals surface area contributed by atoms with E-state index in [0.717, 1.165) is 44.5 Å². The van der Waals surface area contributed by atoms with Crippen LogP contribution < -0.4 is 0 Å². The average Bonchev–Trinajstić information content (AvgIpc) is 3.42. The summed E-state index contributed by atoms with van der Waals surface area (Å²) in [6, 6.07) is 33.6. The summed E-state index contributed by atoms with van der Waals surface area (Å²) in [7, 11) is 0. The van der Waals surface area contributed by atoms with Gasteiger partial charge in [-0.3, -0.25) is 9.59 Å². The molecule has 40 heavy (non-hydrogen) atoms. The molecule has 0 radical (unpaired) electrons. The highest BCUT2D eigenvalue weighted by Crippen LogP contribution is 2.64. The molecule has 0 fully saturated rings. The first-order valence-corrected chi connectivity index (χ1v) is 14.2. The van der Waals surface area contributed by atoms with Gasteiger partial charge in [-0.25, -0.2) is 0 Å². The molecular formula is C36H34O4. The van der Waals surface area contributed by atoms with Crippen LogP contribution in [0.2, 0.25) is 0 Å². The number of hydrogen-bond donors (Lipinski definition) is 0. The Hall–Kier alpha value is -4.18. The fourth-order valence-electron chi connectivity index (χ4n) is 7.64. The minimum atomic E-state index is -0.740. The molecule has 6 rings (SSSR count). The first-order chi connectivity index (χ1) is 19.5. The molecule has 0 heterocycles. The predicted molar refractivity (Wildman–Crippen MR) is 157 cm³/mol. The Kier molecular flexibility index (Phi) is 6.58. The lowest BCUT2D eigenvalue weighted by Gasteiger charge is -2.48. The maximum absolute atomic E-state index is 13.5. The topological polar surface area (TPSA) is 52.6 Å². The monoisotopic (exact) mass is 530 g/mol. The fraction of sp³-hybridized carbons (Fsp3) is 0.278. The highest BCUT2D eigenvalue weighted by Gasteiger charge is 2.59.